The van der Waals surface area contributed by atoms with Gasteiger partial charge in [-0.2, -0.15) is 0 Å². The molecule has 1 aromatic carbocycles. The van der Waals surface area contributed by atoms with Crippen LogP contribution < -0.4 is 10.1 Å². The molecule has 2 heteroatoms. The van der Waals surface area contributed by atoms with Crippen LogP contribution in [0.5, 0.6) is 5.75 Å². The Morgan fingerprint density at radius 1 is 1.17 bits per heavy atom. The first-order valence-electron chi connectivity index (χ1n) is 7.21. The lowest BCUT2D eigenvalue weighted by atomic mass is 9.70. The van der Waals surface area contributed by atoms with Gasteiger partial charge in [-0.3, -0.25) is 0 Å². The first-order chi connectivity index (χ1) is 8.85. The first kappa shape index (κ1) is 12.0. The summed E-state index contributed by atoms with van der Waals surface area (Å²) in [6, 6.07) is 9.39. The van der Waals surface area contributed by atoms with Crippen LogP contribution in [0.15, 0.2) is 24.3 Å². The van der Waals surface area contributed by atoms with E-state index in [0.29, 0.717) is 0 Å². The lowest BCUT2D eigenvalue weighted by Gasteiger charge is -2.37. The number of hydrogen-bond acceptors (Lipinski definition) is 2. The number of benzene rings is 1. The summed E-state index contributed by atoms with van der Waals surface area (Å²) in [7, 11) is 1.74. The fourth-order valence-corrected chi connectivity index (χ4v) is 2.88. The molecule has 2 nitrogen and oxygen atoms in total. The van der Waals surface area contributed by atoms with Crippen LogP contribution in [0.1, 0.15) is 31.2 Å². The van der Waals surface area contributed by atoms with Crippen molar-refractivity contribution in [3.63, 3.8) is 0 Å². The standard InChI is InChI=1S/C16H23NO/c1-18-16-4-2-3-12(10-16)9-13-5-6-14(13)11-17-15-7-8-15/h2-4,10,13-15,17H,5-9,11H2,1H3. The summed E-state index contributed by atoms with van der Waals surface area (Å²) in [5.41, 5.74) is 1.43. The number of methoxy groups -OCH3 is 1. The number of nitrogens with one attached hydrogen (secondary N) is 1. The van der Waals surface area contributed by atoms with E-state index in [2.05, 4.69) is 23.5 Å². The van der Waals surface area contributed by atoms with E-state index in [0.717, 1.165) is 23.6 Å². The van der Waals surface area contributed by atoms with Crippen LogP contribution in [0.4, 0.5) is 0 Å². The Labute approximate surface area is 110 Å². The van der Waals surface area contributed by atoms with Gasteiger partial charge in [0.05, 0.1) is 7.11 Å². The Kier molecular flexibility index (Phi) is 3.55. The van der Waals surface area contributed by atoms with Crippen LogP contribution in [0.2, 0.25) is 0 Å². The predicted molar refractivity (Wildman–Crippen MR) is 73.9 cm³/mol. The van der Waals surface area contributed by atoms with Crippen molar-refractivity contribution in [3.8, 4) is 5.75 Å². The quantitative estimate of drug-likeness (QED) is 0.832. The average molecular weight is 245 g/mol. The molecule has 2 fully saturated rings. The maximum atomic E-state index is 5.29. The first-order valence-corrected chi connectivity index (χ1v) is 7.21. The molecule has 98 valence electrons. The lowest BCUT2D eigenvalue weighted by molar-refractivity contribution is 0.170. The fourth-order valence-electron chi connectivity index (χ4n) is 2.88. The second kappa shape index (κ2) is 5.31. The summed E-state index contributed by atoms with van der Waals surface area (Å²) >= 11 is 0. The van der Waals surface area contributed by atoms with Crippen LogP contribution in [0.25, 0.3) is 0 Å². The summed E-state index contributed by atoms with van der Waals surface area (Å²) in [5.74, 6) is 2.76. The Morgan fingerprint density at radius 2 is 2.00 bits per heavy atom. The fraction of sp³-hybridized carbons (Fsp3) is 0.625. The summed E-state index contributed by atoms with van der Waals surface area (Å²) < 4.78 is 5.29. The largest absolute Gasteiger partial charge is 0.497 e. The molecule has 2 saturated carbocycles. The van der Waals surface area contributed by atoms with Gasteiger partial charge in [-0.15, -0.1) is 0 Å². The van der Waals surface area contributed by atoms with Crippen molar-refractivity contribution in [1.29, 1.82) is 0 Å². The van der Waals surface area contributed by atoms with Gasteiger partial charge in [0.1, 0.15) is 5.75 Å². The van der Waals surface area contributed by atoms with E-state index in [-0.39, 0.29) is 0 Å². The molecule has 3 rings (SSSR count). The van der Waals surface area contributed by atoms with Gasteiger partial charge in [-0.1, -0.05) is 12.1 Å². The molecule has 0 saturated heterocycles. The summed E-state index contributed by atoms with van der Waals surface area (Å²) in [6.45, 7) is 1.24. The Bertz CT molecular complexity index is 400. The van der Waals surface area contributed by atoms with Crippen molar-refractivity contribution in [2.24, 2.45) is 11.8 Å². The third-order valence-electron chi connectivity index (χ3n) is 4.45. The highest BCUT2D eigenvalue weighted by molar-refractivity contribution is 5.28. The van der Waals surface area contributed by atoms with E-state index in [4.69, 9.17) is 4.74 Å². The van der Waals surface area contributed by atoms with E-state index >= 15 is 0 Å². The zero-order chi connectivity index (χ0) is 12.4. The number of hydrogen-bond donors (Lipinski definition) is 1. The van der Waals surface area contributed by atoms with E-state index in [1.54, 1.807) is 7.11 Å². The van der Waals surface area contributed by atoms with Crippen molar-refractivity contribution >= 4 is 0 Å². The minimum absolute atomic E-state index is 0.850. The molecule has 0 heterocycles. The maximum Gasteiger partial charge on any atom is 0.119 e. The van der Waals surface area contributed by atoms with Crippen LogP contribution in [-0.4, -0.2) is 19.7 Å². The van der Waals surface area contributed by atoms with Crippen LogP contribution >= 0.6 is 0 Å². The molecule has 1 N–H and O–H groups in total. The van der Waals surface area contributed by atoms with Gasteiger partial charge in [0.15, 0.2) is 0 Å². The maximum absolute atomic E-state index is 5.29. The zero-order valence-electron chi connectivity index (χ0n) is 11.2. The van der Waals surface area contributed by atoms with Crippen LogP contribution in [0.3, 0.4) is 0 Å². The molecule has 0 aromatic heterocycles. The molecule has 0 amide bonds. The Balaban J connectivity index is 1.51. The molecule has 0 aliphatic heterocycles. The molecule has 0 radical (unpaired) electrons. The highest BCUT2D eigenvalue weighted by Gasteiger charge is 2.32. The predicted octanol–water partition coefficient (Wildman–Crippen LogP) is 3.02. The topological polar surface area (TPSA) is 21.3 Å². The number of rotatable bonds is 6. The summed E-state index contributed by atoms with van der Waals surface area (Å²) in [6.07, 6.45) is 6.82. The second-order valence-corrected chi connectivity index (χ2v) is 5.84. The Hall–Kier alpha value is -1.02. The smallest absolute Gasteiger partial charge is 0.119 e. The van der Waals surface area contributed by atoms with Gasteiger partial charge in [0.2, 0.25) is 0 Å². The molecule has 2 atom stereocenters. The van der Waals surface area contributed by atoms with E-state index in [1.807, 2.05) is 6.07 Å². The molecule has 1 aromatic rings. The van der Waals surface area contributed by atoms with Crippen molar-refractivity contribution in [2.75, 3.05) is 13.7 Å². The summed E-state index contributed by atoms with van der Waals surface area (Å²) in [5, 5.41) is 3.67. The van der Waals surface area contributed by atoms with Crippen LogP contribution in [0, 0.1) is 11.8 Å². The van der Waals surface area contributed by atoms with E-state index < -0.39 is 0 Å². The molecular formula is C16H23NO. The second-order valence-electron chi connectivity index (χ2n) is 5.84. The molecule has 2 unspecified atom stereocenters. The normalized spacial score (nSPS) is 26.7. The third-order valence-corrected chi connectivity index (χ3v) is 4.45. The molecule has 2 aliphatic rings. The molecule has 0 bridgehead atoms. The van der Waals surface area contributed by atoms with Crippen molar-refractivity contribution in [2.45, 2.75) is 38.1 Å². The van der Waals surface area contributed by atoms with Crippen LogP contribution in [-0.2, 0) is 6.42 Å². The molecule has 2 aliphatic carbocycles. The van der Waals surface area contributed by atoms with Gasteiger partial charge < -0.3 is 10.1 Å². The lowest BCUT2D eigenvalue weighted by Crippen LogP contribution is -2.37. The SMILES string of the molecule is COc1cccc(CC2CCC2CNC2CC2)c1. The zero-order valence-corrected chi connectivity index (χ0v) is 11.2. The minimum Gasteiger partial charge on any atom is -0.497 e. The highest BCUT2D eigenvalue weighted by Crippen LogP contribution is 2.37. The average Bonchev–Trinajstić information content (AvgIpc) is 3.19. The van der Waals surface area contributed by atoms with Crippen molar-refractivity contribution in [3.05, 3.63) is 29.8 Å². The van der Waals surface area contributed by atoms with Gasteiger partial charge in [0, 0.05) is 6.04 Å². The highest BCUT2D eigenvalue weighted by atomic mass is 16.5. The van der Waals surface area contributed by atoms with Gasteiger partial charge in [-0.25, -0.2) is 0 Å². The Morgan fingerprint density at radius 3 is 2.67 bits per heavy atom. The molecule has 18 heavy (non-hydrogen) atoms. The van der Waals surface area contributed by atoms with Crippen molar-refractivity contribution in [1.82, 2.24) is 5.32 Å². The molecular weight excluding hydrogens is 222 g/mol. The van der Waals surface area contributed by atoms with Gasteiger partial charge in [-0.05, 0) is 68.2 Å². The van der Waals surface area contributed by atoms with Gasteiger partial charge >= 0.3 is 0 Å². The van der Waals surface area contributed by atoms with Crippen molar-refractivity contribution < 1.29 is 4.74 Å². The van der Waals surface area contributed by atoms with E-state index in [9.17, 15) is 0 Å². The number of ether oxygens (including phenoxy) is 1. The third kappa shape index (κ3) is 2.86. The minimum atomic E-state index is 0.850. The summed E-state index contributed by atoms with van der Waals surface area (Å²) in [4.78, 5) is 0. The van der Waals surface area contributed by atoms with E-state index in [1.165, 1.54) is 44.2 Å². The molecule has 0 spiro atoms. The van der Waals surface area contributed by atoms with Gasteiger partial charge in [0.25, 0.3) is 0 Å². The monoisotopic (exact) mass is 245 g/mol.